The Morgan fingerprint density at radius 2 is 1.83 bits per heavy atom. The topological polar surface area (TPSA) is 58.2 Å². The Balaban J connectivity index is 1.77. The fraction of sp³-hybridized carbons (Fsp3) is 0.500. The highest BCUT2D eigenvalue weighted by Crippen LogP contribution is 2.18. The van der Waals surface area contributed by atoms with Crippen molar-refractivity contribution >= 4 is 21.6 Å². The van der Waals surface area contributed by atoms with Gasteiger partial charge in [-0.2, -0.15) is 0 Å². The number of rotatable bonds is 7. The Hall–Kier alpha value is -0.620. The normalized spacial score (nSPS) is 15.8. The van der Waals surface area contributed by atoms with Gasteiger partial charge in [-0.05, 0) is 50.1 Å². The van der Waals surface area contributed by atoms with Gasteiger partial charge in [-0.3, -0.25) is 0 Å². The summed E-state index contributed by atoms with van der Waals surface area (Å²) in [4.78, 5) is 0.252. The smallest absolute Gasteiger partial charge is 0.240 e. The molecule has 0 atom stereocenters. The fourth-order valence-electron chi connectivity index (χ4n) is 1.59. The first-order chi connectivity index (χ1) is 8.58. The van der Waals surface area contributed by atoms with Crippen LogP contribution >= 0.6 is 11.6 Å². The van der Waals surface area contributed by atoms with Gasteiger partial charge in [0.2, 0.25) is 10.0 Å². The second kappa shape index (κ2) is 6.02. The summed E-state index contributed by atoms with van der Waals surface area (Å²) < 4.78 is 26.3. The molecular weight excluding hydrogens is 272 g/mol. The van der Waals surface area contributed by atoms with Crippen molar-refractivity contribution in [3.8, 4) is 0 Å². The second-order valence-corrected chi connectivity index (χ2v) is 6.64. The predicted molar refractivity (Wildman–Crippen MR) is 72.3 cm³/mol. The van der Waals surface area contributed by atoms with Crippen LogP contribution in [0.5, 0.6) is 0 Å². The number of hydrogen-bond acceptors (Lipinski definition) is 3. The number of nitrogens with one attached hydrogen (secondary N) is 2. The number of sulfonamides is 1. The molecule has 0 radical (unpaired) electrons. The van der Waals surface area contributed by atoms with E-state index in [9.17, 15) is 8.42 Å². The average molecular weight is 289 g/mol. The molecule has 4 nitrogen and oxygen atoms in total. The molecule has 2 rings (SSSR count). The van der Waals surface area contributed by atoms with Gasteiger partial charge in [-0.25, -0.2) is 13.1 Å². The maximum atomic E-state index is 11.9. The van der Waals surface area contributed by atoms with Crippen molar-refractivity contribution in [3.63, 3.8) is 0 Å². The molecule has 0 heterocycles. The lowest BCUT2D eigenvalue weighted by atomic mass is 10.4. The van der Waals surface area contributed by atoms with Crippen LogP contribution in [0.15, 0.2) is 29.2 Å². The monoisotopic (exact) mass is 288 g/mol. The first kappa shape index (κ1) is 13.8. The van der Waals surface area contributed by atoms with Crippen LogP contribution in [0.25, 0.3) is 0 Å². The Labute approximate surface area is 113 Å². The van der Waals surface area contributed by atoms with Gasteiger partial charge in [-0.1, -0.05) is 11.6 Å². The lowest BCUT2D eigenvalue weighted by Crippen LogP contribution is -2.28. The first-order valence-corrected chi connectivity index (χ1v) is 7.93. The molecule has 1 aromatic carbocycles. The molecule has 0 aromatic heterocycles. The molecule has 0 saturated heterocycles. The van der Waals surface area contributed by atoms with Crippen LogP contribution in [-0.4, -0.2) is 27.5 Å². The van der Waals surface area contributed by atoms with Gasteiger partial charge < -0.3 is 5.32 Å². The number of halogens is 1. The van der Waals surface area contributed by atoms with Gasteiger partial charge in [-0.15, -0.1) is 0 Å². The summed E-state index contributed by atoms with van der Waals surface area (Å²) in [5.74, 6) is 0. The lowest BCUT2D eigenvalue weighted by molar-refractivity contribution is 0.573. The van der Waals surface area contributed by atoms with E-state index in [-0.39, 0.29) is 4.90 Å². The summed E-state index contributed by atoms with van der Waals surface area (Å²) in [6.07, 6.45) is 3.29. The van der Waals surface area contributed by atoms with Crippen LogP contribution in [0, 0.1) is 0 Å². The maximum Gasteiger partial charge on any atom is 0.240 e. The minimum atomic E-state index is -3.40. The third-order valence-corrected chi connectivity index (χ3v) is 4.51. The van der Waals surface area contributed by atoms with Crippen LogP contribution in [0.3, 0.4) is 0 Å². The molecule has 1 fully saturated rings. The van der Waals surface area contributed by atoms with Crippen molar-refractivity contribution in [2.45, 2.75) is 30.2 Å². The SMILES string of the molecule is O=S(=O)(NCCCNC1CC1)c1ccc(Cl)cc1. The van der Waals surface area contributed by atoms with Crippen molar-refractivity contribution < 1.29 is 8.42 Å². The molecule has 1 aromatic rings. The van der Waals surface area contributed by atoms with Crippen molar-refractivity contribution in [3.05, 3.63) is 29.3 Å². The van der Waals surface area contributed by atoms with E-state index < -0.39 is 10.0 Å². The van der Waals surface area contributed by atoms with E-state index in [1.165, 1.54) is 25.0 Å². The van der Waals surface area contributed by atoms with Crippen LogP contribution < -0.4 is 10.0 Å². The first-order valence-electron chi connectivity index (χ1n) is 6.06. The zero-order valence-corrected chi connectivity index (χ0v) is 11.6. The molecule has 1 aliphatic carbocycles. The van der Waals surface area contributed by atoms with Gasteiger partial charge in [0, 0.05) is 17.6 Å². The summed E-state index contributed by atoms with van der Waals surface area (Å²) in [5.41, 5.74) is 0. The zero-order valence-electron chi connectivity index (χ0n) is 10.0. The minimum Gasteiger partial charge on any atom is -0.314 e. The van der Waals surface area contributed by atoms with E-state index in [1.54, 1.807) is 12.1 Å². The molecular formula is C12H17ClN2O2S. The van der Waals surface area contributed by atoms with Gasteiger partial charge >= 0.3 is 0 Å². The van der Waals surface area contributed by atoms with Crippen molar-refractivity contribution in [1.29, 1.82) is 0 Å². The van der Waals surface area contributed by atoms with E-state index in [0.29, 0.717) is 17.6 Å². The molecule has 100 valence electrons. The molecule has 0 amide bonds. The predicted octanol–water partition coefficient (Wildman–Crippen LogP) is 1.76. The van der Waals surface area contributed by atoms with Gasteiger partial charge in [0.15, 0.2) is 0 Å². The molecule has 0 bridgehead atoms. The third kappa shape index (κ3) is 4.24. The quantitative estimate of drug-likeness (QED) is 0.752. The Bertz CT molecular complexity index is 483. The van der Waals surface area contributed by atoms with E-state index in [0.717, 1.165) is 13.0 Å². The van der Waals surface area contributed by atoms with Gasteiger partial charge in [0.05, 0.1) is 4.90 Å². The Kier molecular flexibility index (Phi) is 4.61. The second-order valence-electron chi connectivity index (χ2n) is 4.43. The molecule has 1 saturated carbocycles. The Morgan fingerprint density at radius 3 is 2.44 bits per heavy atom. The highest BCUT2D eigenvalue weighted by Gasteiger charge is 2.19. The zero-order chi connectivity index (χ0) is 13.0. The summed E-state index contributed by atoms with van der Waals surface area (Å²) in [7, 11) is -3.40. The Morgan fingerprint density at radius 1 is 1.17 bits per heavy atom. The lowest BCUT2D eigenvalue weighted by Gasteiger charge is -2.07. The van der Waals surface area contributed by atoms with Crippen LogP contribution in [0.4, 0.5) is 0 Å². The molecule has 2 N–H and O–H groups in total. The average Bonchev–Trinajstić information content (AvgIpc) is 3.13. The van der Waals surface area contributed by atoms with E-state index in [1.807, 2.05) is 0 Å². The van der Waals surface area contributed by atoms with Gasteiger partial charge in [0.25, 0.3) is 0 Å². The number of hydrogen-bond donors (Lipinski definition) is 2. The minimum absolute atomic E-state index is 0.252. The summed E-state index contributed by atoms with van der Waals surface area (Å²) in [6.45, 7) is 1.30. The standard InChI is InChI=1S/C12H17ClN2O2S/c13-10-2-6-12(7-3-10)18(16,17)15-9-1-8-14-11-4-5-11/h2-3,6-7,11,14-15H,1,4-5,8-9H2. The van der Waals surface area contributed by atoms with Gasteiger partial charge in [0.1, 0.15) is 0 Å². The summed E-state index contributed by atoms with van der Waals surface area (Å²) in [6, 6.07) is 6.83. The molecule has 0 aliphatic heterocycles. The fourth-order valence-corrected chi connectivity index (χ4v) is 2.79. The molecule has 1 aliphatic rings. The number of benzene rings is 1. The maximum absolute atomic E-state index is 11.9. The molecule has 0 unspecified atom stereocenters. The highest BCUT2D eigenvalue weighted by atomic mass is 35.5. The molecule has 18 heavy (non-hydrogen) atoms. The largest absolute Gasteiger partial charge is 0.314 e. The van der Waals surface area contributed by atoms with Crippen molar-refractivity contribution in [2.75, 3.05) is 13.1 Å². The summed E-state index contributed by atoms with van der Waals surface area (Å²) in [5, 5.41) is 3.87. The van der Waals surface area contributed by atoms with Crippen LogP contribution in [0.2, 0.25) is 5.02 Å². The third-order valence-electron chi connectivity index (χ3n) is 2.78. The van der Waals surface area contributed by atoms with Crippen molar-refractivity contribution in [2.24, 2.45) is 0 Å². The van der Waals surface area contributed by atoms with E-state index in [4.69, 9.17) is 11.6 Å². The van der Waals surface area contributed by atoms with E-state index >= 15 is 0 Å². The van der Waals surface area contributed by atoms with Crippen LogP contribution in [0.1, 0.15) is 19.3 Å². The summed E-state index contributed by atoms with van der Waals surface area (Å²) >= 11 is 5.72. The van der Waals surface area contributed by atoms with Crippen LogP contribution in [-0.2, 0) is 10.0 Å². The molecule has 0 spiro atoms. The van der Waals surface area contributed by atoms with Crippen molar-refractivity contribution in [1.82, 2.24) is 10.0 Å². The highest BCUT2D eigenvalue weighted by molar-refractivity contribution is 7.89. The van der Waals surface area contributed by atoms with E-state index in [2.05, 4.69) is 10.0 Å². The molecule has 6 heteroatoms.